The van der Waals surface area contributed by atoms with E-state index in [4.69, 9.17) is 47.8 Å². The molecule has 0 unspecified atom stereocenters. The molecule has 208 valence electrons. The summed E-state index contributed by atoms with van der Waals surface area (Å²) in [5.74, 6) is 0. The first-order chi connectivity index (χ1) is 16.6. The van der Waals surface area contributed by atoms with Crippen LogP contribution in [0.5, 0.6) is 0 Å². The largest absolute Gasteiger partial charge is 2.00 e. The summed E-state index contributed by atoms with van der Waals surface area (Å²) < 4.78 is 67.9. The maximum absolute atomic E-state index is 8.49. The van der Waals surface area contributed by atoms with Crippen molar-refractivity contribution in [3.05, 3.63) is 60.2 Å². The summed E-state index contributed by atoms with van der Waals surface area (Å²) in [5.41, 5.74) is 2.23. The number of pyridine rings is 2. The van der Waals surface area contributed by atoms with Gasteiger partial charge >= 0.3 is 17.1 Å². The van der Waals surface area contributed by atoms with Crippen molar-refractivity contribution in [3.63, 3.8) is 0 Å². The molecule has 0 saturated carbocycles. The summed E-state index contributed by atoms with van der Waals surface area (Å²) in [5, 5.41) is 14.6. The smallest absolute Gasteiger partial charge is 0.299 e. The zero-order valence-electron chi connectivity index (χ0n) is 20.5. The van der Waals surface area contributed by atoms with Crippen LogP contribution in [0.15, 0.2) is 48.8 Å². The van der Waals surface area contributed by atoms with Crippen LogP contribution < -0.4 is 37.3 Å². The number of likely N-dealkylation sites (N-methyl/N-ethyl adjacent to an activating group) is 2. The van der Waals surface area contributed by atoms with Crippen LogP contribution in [-0.4, -0.2) is 47.0 Å². The van der Waals surface area contributed by atoms with Gasteiger partial charge in [0.25, 0.3) is 0 Å². The molecule has 0 fully saturated rings. The van der Waals surface area contributed by atoms with Gasteiger partial charge in [0, 0.05) is 52.4 Å². The van der Waals surface area contributed by atoms with Gasteiger partial charge in [-0.25, -0.2) is 37.3 Å². The van der Waals surface area contributed by atoms with E-state index >= 15 is 0 Å². The fourth-order valence-electron chi connectivity index (χ4n) is 2.04. The van der Waals surface area contributed by atoms with Crippen molar-refractivity contribution in [2.75, 3.05) is 27.2 Å². The molecule has 0 aliphatic heterocycles. The molecule has 0 atom stereocenters. The Morgan fingerprint density at radius 3 is 1.11 bits per heavy atom. The molecule has 0 radical (unpaired) electrons. The quantitative estimate of drug-likeness (QED) is 0.265. The molecule has 2 aromatic rings. The molecule has 0 saturated heterocycles. The van der Waals surface area contributed by atoms with E-state index in [-0.39, 0.29) is 17.1 Å². The number of hydrogen-bond acceptors (Lipinski definition) is 14. The Hall–Kier alpha value is -2.02. The molecule has 2 aromatic heterocycles. The molecule has 37 heavy (non-hydrogen) atoms. The second-order valence-electron chi connectivity index (χ2n) is 6.32. The van der Waals surface area contributed by atoms with Crippen LogP contribution in [0.25, 0.3) is 0 Å². The van der Waals surface area contributed by atoms with Crippen LogP contribution in [0.1, 0.15) is 25.2 Å². The van der Waals surface area contributed by atoms with Crippen LogP contribution in [0.2, 0.25) is 0 Å². The maximum atomic E-state index is 8.49. The molecule has 2 heterocycles. The molecule has 0 aliphatic rings. The van der Waals surface area contributed by atoms with Gasteiger partial charge in [-0.1, -0.05) is 12.1 Å². The van der Waals surface area contributed by atoms with Gasteiger partial charge in [-0.3, -0.25) is 19.8 Å². The van der Waals surface area contributed by atoms with E-state index in [1.165, 1.54) is 13.8 Å². The normalized spacial score (nSPS) is 9.73. The summed E-state index contributed by atoms with van der Waals surface area (Å²) in [6.45, 7) is 6.66. The number of nitriles is 2. The number of aromatic nitrogens is 2. The summed E-state index contributed by atoms with van der Waals surface area (Å²) in [4.78, 5) is 13.3. The van der Waals surface area contributed by atoms with Crippen LogP contribution in [-0.2, 0) is 30.2 Å². The standard InChI is InChI=1S/C16H22N4.2C2H3N.2ClHO4.Fe/c1-19(13-15-7-3-5-9-17-15)11-12-20(2)14-16-8-4-6-10-18-16;2*1-2-3;2*2-1(3,4)5;/h3-10H,11-14H2,1-2H3;2*1H3;2*(H,2,3,4,5);/q;;;;;+2/p-2. The Labute approximate surface area is 231 Å². The average Bonchev–Trinajstić information content (AvgIpc) is 2.73. The molecule has 0 amide bonds. The number of nitrogens with zero attached hydrogens (tertiary/aromatic N) is 6. The molecule has 14 nitrogen and oxygen atoms in total. The van der Waals surface area contributed by atoms with Gasteiger partial charge in [-0.2, -0.15) is 10.5 Å². The van der Waals surface area contributed by atoms with E-state index in [9.17, 15) is 0 Å². The molecule has 0 bridgehead atoms. The third-order valence-corrected chi connectivity index (χ3v) is 3.18. The van der Waals surface area contributed by atoms with Crippen LogP contribution in [0, 0.1) is 43.1 Å². The van der Waals surface area contributed by atoms with Crippen LogP contribution in [0.3, 0.4) is 0 Å². The minimum absolute atomic E-state index is 0. The summed E-state index contributed by atoms with van der Waals surface area (Å²) in [6, 6.07) is 15.6. The van der Waals surface area contributed by atoms with Crippen molar-refractivity contribution in [2.45, 2.75) is 26.9 Å². The first-order valence-corrected chi connectivity index (χ1v) is 12.1. The molecule has 0 N–H and O–H groups in total. The first kappa shape index (κ1) is 42.1. The number of hydrogen-bond donors (Lipinski definition) is 0. The van der Waals surface area contributed by atoms with Gasteiger partial charge in [0.1, 0.15) is 0 Å². The van der Waals surface area contributed by atoms with Gasteiger partial charge < -0.3 is 0 Å². The van der Waals surface area contributed by atoms with E-state index < -0.39 is 20.5 Å². The summed E-state index contributed by atoms with van der Waals surface area (Å²) in [6.07, 6.45) is 3.69. The van der Waals surface area contributed by atoms with Crippen molar-refractivity contribution in [1.29, 1.82) is 10.5 Å². The van der Waals surface area contributed by atoms with E-state index in [1.54, 1.807) is 12.1 Å². The molecular weight excluding hydrogens is 579 g/mol. The summed E-state index contributed by atoms with van der Waals surface area (Å²) in [7, 11) is -5.63. The Balaban J connectivity index is -0.000000264. The second-order valence-corrected chi connectivity index (χ2v) is 7.83. The predicted octanol–water partition coefficient (Wildman–Crippen LogP) is -6.41. The Morgan fingerprint density at radius 2 is 0.919 bits per heavy atom. The molecule has 0 aromatic carbocycles. The van der Waals surface area contributed by atoms with Crippen molar-refractivity contribution in [3.8, 4) is 12.1 Å². The minimum Gasteiger partial charge on any atom is -0.299 e. The molecule has 17 heteroatoms. The van der Waals surface area contributed by atoms with Crippen molar-refractivity contribution in [2.24, 2.45) is 0 Å². The van der Waals surface area contributed by atoms with Crippen molar-refractivity contribution in [1.82, 2.24) is 19.8 Å². The zero-order chi connectivity index (χ0) is 28.6. The average molecular weight is 607 g/mol. The Bertz CT molecular complexity index is 767. The van der Waals surface area contributed by atoms with Gasteiger partial charge in [-0.15, -0.1) is 20.5 Å². The van der Waals surface area contributed by atoms with E-state index in [0.717, 1.165) is 37.6 Å². The first-order valence-electron chi connectivity index (χ1n) is 9.59. The Kier molecular flexibility index (Phi) is 29.1. The number of halogens is 2. The zero-order valence-corrected chi connectivity index (χ0v) is 23.1. The third kappa shape index (κ3) is 47.7. The molecule has 0 spiro atoms. The monoisotopic (exact) mass is 606 g/mol. The van der Waals surface area contributed by atoms with Crippen LogP contribution in [0.4, 0.5) is 0 Å². The molecule has 0 aliphatic carbocycles. The summed E-state index contributed by atoms with van der Waals surface area (Å²) >= 11 is 0. The fourth-order valence-corrected chi connectivity index (χ4v) is 2.04. The SMILES string of the molecule is CC#N.CC#N.CN(CCN(C)Cc1ccccn1)Cc1ccccn1.[Fe+2].[O-][Cl+3]([O-])([O-])[O-].[O-][Cl+3]([O-])([O-])[O-]. The van der Waals surface area contributed by atoms with Gasteiger partial charge in [0.05, 0.1) is 23.5 Å². The number of rotatable bonds is 7. The minimum atomic E-state index is -4.94. The van der Waals surface area contributed by atoms with Gasteiger partial charge in [-0.05, 0) is 38.4 Å². The second kappa shape index (κ2) is 25.6. The van der Waals surface area contributed by atoms with E-state index in [0.29, 0.717) is 0 Å². The predicted molar refractivity (Wildman–Crippen MR) is 104 cm³/mol. The maximum Gasteiger partial charge on any atom is 2.00 e. The van der Waals surface area contributed by atoms with E-state index in [2.05, 4.69) is 46.0 Å². The fraction of sp³-hybridized carbons (Fsp3) is 0.400. The third-order valence-electron chi connectivity index (χ3n) is 3.18. The van der Waals surface area contributed by atoms with Gasteiger partial charge in [0.2, 0.25) is 0 Å². The van der Waals surface area contributed by atoms with Gasteiger partial charge in [0.15, 0.2) is 0 Å². The van der Waals surface area contributed by atoms with Crippen LogP contribution >= 0.6 is 0 Å². The Morgan fingerprint density at radius 1 is 0.676 bits per heavy atom. The van der Waals surface area contributed by atoms with E-state index in [1.807, 2.05) is 36.7 Å². The topological polar surface area (TPSA) is 264 Å². The molecule has 2 rings (SSSR count). The van der Waals surface area contributed by atoms with Crippen molar-refractivity contribution >= 4 is 0 Å². The molecular formula is C20H28Cl2FeN6O8. The van der Waals surface area contributed by atoms with Crippen molar-refractivity contribution < 1.29 is 74.8 Å².